The van der Waals surface area contributed by atoms with Crippen molar-refractivity contribution < 1.29 is 124 Å². The van der Waals surface area contributed by atoms with Crippen LogP contribution in [-0.2, 0) is 44.3 Å². The maximum Gasteiger partial charge on any atom is 0.338 e. The van der Waals surface area contributed by atoms with Crippen molar-refractivity contribution in [3.63, 3.8) is 0 Å². The van der Waals surface area contributed by atoms with E-state index in [1.807, 2.05) is 23.3 Å². The Labute approximate surface area is 560 Å². The number of rotatable bonds is 16. The Hall–Kier alpha value is -9.57. The number of fused-ring (bicyclic) bond motifs is 3. The largest absolute Gasteiger partial charge is 0.508 e. The molecule has 0 spiro atoms. The number of hydrogen-bond donors (Lipinski definition) is 5. The van der Waals surface area contributed by atoms with Crippen LogP contribution >= 0.6 is 28.4 Å². The van der Waals surface area contributed by atoms with Crippen LogP contribution < -0.4 is 23.0 Å². The number of carbonyl (C=O) groups is 6. The molecule has 3 unspecified atom stereocenters. The Morgan fingerprint density at radius 2 is 0.811 bits per heavy atom. The highest BCUT2D eigenvalue weighted by atomic mass is 31.0. The lowest BCUT2D eigenvalue weighted by atomic mass is 10.0. The molecule has 524 valence electrons. The molecule has 0 amide bonds. The van der Waals surface area contributed by atoms with Crippen molar-refractivity contribution in [2.24, 2.45) is 0 Å². The summed E-state index contributed by atoms with van der Waals surface area (Å²) in [6.45, 7) is 5.56. The van der Waals surface area contributed by atoms with Gasteiger partial charge in [0.25, 0.3) is 0 Å². The molecule has 6 aromatic carbocycles. The van der Waals surface area contributed by atoms with E-state index in [9.17, 15) is 44.1 Å². The predicted molar refractivity (Wildman–Crippen MR) is 367 cm³/mol. The van der Waals surface area contributed by atoms with E-state index < -0.39 is 42.1 Å². The van der Waals surface area contributed by atoms with Crippen LogP contribution in [0.5, 0.6) is 57.5 Å². The van der Waals surface area contributed by atoms with E-state index in [-0.39, 0.29) is 91.0 Å². The smallest absolute Gasteiger partial charge is 0.338 e. The van der Waals surface area contributed by atoms with Crippen LogP contribution in [0.3, 0.4) is 0 Å². The van der Waals surface area contributed by atoms with Gasteiger partial charge in [0.2, 0.25) is 0 Å². The summed E-state index contributed by atoms with van der Waals surface area (Å²) in [5.74, 6) is -0.874. The monoisotopic (exact) mass is 1390 g/mol. The predicted octanol–water partition coefficient (Wildman–Crippen LogP) is 13.7. The first kappa shape index (κ1) is 89.6. The third-order valence-corrected chi connectivity index (χ3v) is 12.4. The Bertz CT molecular complexity index is 3650. The third-order valence-electron chi connectivity index (χ3n) is 11.6. The topological polar surface area (TPSA) is 350 Å². The van der Waals surface area contributed by atoms with Crippen molar-refractivity contribution >= 4 is 86.2 Å². The summed E-state index contributed by atoms with van der Waals surface area (Å²) in [5.41, 5.74) is 3.71. The van der Waals surface area contributed by atoms with Gasteiger partial charge in [-0.1, -0.05) is 37.1 Å². The Morgan fingerprint density at radius 1 is 0.442 bits per heavy atom. The zero-order valence-corrected chi connectivity index (χ0v) is 53.6. The fraction of sp³-hybridized carbons (Fsp3) is 0.288. The van der Waals surface area contributed by atoms with Crippen molar-refractivity contribution in [1.29, 1.82) is 0 Å². The molecular formula is C66H88O26P3-. The Kier molecular flexibility index (Phi) is 43.1. The van der Waals surface area contributed by atoms with E-state index in [1.54, 1.807) is 42.5 Å². The minimum atomic E-state index is -0.596. The van der Waals surface area contributed by atoms with Gasteiger partial charge in [0.1, 0.15) is 75.3 Å². The zero-order valence-electron chi connectivity index (χ0n) is 50.1. The van der Waals surface area contributed by atoms with Gasteiger partial charge in [0, 0.05) is 72.4 Å². The number of aromatic hydroxyl groups is 5. The molecular weight excluding hydrogens is 1300 g/mol. The Morgan fingerprint density at radius 3 is 1.27 bits per heavy atom. The summed E-state index contributed by atoms with van der Waals surface area (Å²) >= 11 is 0. The number of furan rings is 2. The van der Waals surface area contributed by atoms with Crippen LogP contribution in [0, 0.1) is 7.43 Å². The van der Waals surface area contributed by atoms with Crippen LogP contribution in [-0.4, -0.2) is 137 Å². The van der Waals surface area contributed by atoms with Crippen molar-refractivity contribution in [2.75, 3.05) is 69.1 Å². The van der Waals surface area contributed by atoms with Crippen molar-refractivity contribution in [3.8, 4) is 57.5 Å². The minimum absolute atomic E-state index is 0. The minimum Gasteiger partial charge on any atom is -0.508 e. The molecule has 0 bridgehead atoms. The summed E-state index contributed by atoms with van der Waals surface area (Å²) in [5, 5.41) is 47.1. The van der Waals surface area contributed by atoms with Gasteiger partial charge >= 0.3 is 35.8 Å². The first-order valence-electron chi connectivity index (χ1n) is 25.8. The molecule has 1 aliphatic rings. The molecule has 0 saturated carbocycles. The van der Waals surface area contributed by atoms with E-state index in [0.29, 0.717) is 99.2 Å². The molecule has 26 nitrogen and oxygen atoms in total. The van der Waals surface area contributed by atoms with E-state index in [2.05, 4.69) is 47.4 Å². The maximum atomic E-state index is 11.6. The molecule has 0 radical (unpaired) electrons. The van der Waals surface area contributed by atoms with Gasteiger partial charge in [0.05, 0.1) is 124 Å². The highest BCUT2D eigenvalue weighted by Crippen LogP contribution is 2.34. The van der Waals surface area contributed by atoms with Gasteiger partial charge in [0.15, 0.2) is 6.29 Å². The average Bonchev–Trinajstić information content (AvgIpc) is 1.73. The SMILES string of the molecule is C.C.C.C.C.CCOC(COc1cc(OP)cc(C(=O)OC)c1)OCC.COC(=O)c1cc(O)cc(O)c1.COC(=O)c1cc(O)cc(OP)c1.COC(=O)c1cc(O)cc2c1CCO2.COC(=O)c1cc(O)cc2occc12.COC(=O)c1cc(OP)cc2occc12.[CH3-]. The number of phenols is 5. The second-order valence-corrected chi connectivity index (χ2v) is 18.0. The van der Waals surface area contributed by atoms with Crippen LogP contribution in [0.15, 0.2) is 124 Å². The fourth-order valence-electron chi connectivity index (χ4n) is 7.66. The van der Waals surface area contributed by atoms with Gasteiger partial charge in [-0.15, -0.1) is 0 Å². The molecule has 95 heavy (non-hydrogen) atoms. The Balaban J connectivity index is -0.00000106. The lowest BCUT2D eigenvalue weighted by molar-refractivity contribution is -0.152. The highest BCUT2D eigenvalue weighted by Gasteiger charge is 2.23. The summed E-state index contributed by atoms with van der Waals surface area (Å²) in [4.78, 5) is 67.6. The summed E-state index contributed by atoms with van der Waals surface area (Å²) in [7, 11) is 14.0. The van der Waals surface area contributed by atoms with Crippen LogP contribution in [0.1, 0.15) is 119 Å². The molecule has 8 aromatic rings. The van der Waals surface area contributed by atoms with Crippen molar-refractivity contribution in [1.82, 2.24) is 0 Å². The number of methoxy groups -OCH3 is 6. The van der Waals surface area contributed by atoms with E-state index in [4.69, 9.17) is 51.6 Å². The number of phenolic OH excluding ortho intramolecular Hbond substituents is 5. The number of benzene rings is 6. The summed E-state index contributed by atoms with van der Waals surface area (Å²) in [6, 6.07) is 24.9. The number of ether oxygens (including phenoxy) is 10. The van der Waals surface area contributed by atoms with Crippen LogP contribution in [0.2, 0.25) is 0 Å². The second-order valence-electron chi connectivity index (χ2n) is 17.3. The van der Waals surface area contributed by atoms with Gasteiger partial charge in [-0.3, -0.25) is 0 Å². The first-order valence-corrected chi connectivity index (χ1v) is 27.2. The zero-order chi connectivity index (χ0) is 65.7. The second kappa shape index (κ2) is 45.7. The normalized spacial score (nSPS) is 9.89. The van der Waals surface area contributed by atoms with Crippen LogP contribution in [0.4, 0.5) is 0 Å². The lowest BCUT2D eigenvalue weighted by Crippen LogP contribution is -2.25. The van der Waals surface area contributed by atoms with E-state index >= 15 is 0 Å². The molecule has 5 N–H and O–H groups in total. The number of hydrogen-bond acceptors (Lipinski definition) is 26. The van der Waals surface area contributed by atoms with E-state index in [1.165, 1.54) is 110 Å². The molecule has 0 aliphatic carbocycles. The maximum absolute atomic E-state index is 11.6. The standard InChI is InChI=1S/C14H21O6P.C10H9O4P.C10H10O4.C10H8O4.C8H9O4P.C8H8O4.5CH4.CH3/c1-4-17-13(18-5-2)9-19-11-6-10(14(15)16-3)7-12(8-11)20-21;1-12-10(11)8-4-6(14-15)5-9-7(8)2-3-13-9;2*1-13-10(12)8-4-6(11)5-9-7(8)2-3-14-9;1-11-8(10)5-2-6(9)4-7(3-5)12-13;1-12-8(11)5-2-6(9)4-7(10)3-5;;;;;;/h6-8,13H,4-5,9,21H2,1-3H3;2-5H,15H2,1H3;4-5,11H,2-3H2,1H3;2-5,11H,1H3;2-4,9H,13H2,1H3;2-4,9-10H,1H3;5*1H4;1H3/q;;;;;;;;;;;-1. The average molecular weight is 1390 g/mol. The molecule has 1 aliphatic heterocycles. The van der Waals surface area contributed by atoms with E-state index in [0.717, 1.165) is 11.6 Å². The quantitative estimate of drug-likeness (QED) is 0.0197. The number of carbonyl (C=O) groups excluding carboxylic acids is 6. The van der Waals surface area contributed by atoms with Gasteiger partial charge in [-0.25, -0.2) is 28.8 Å². The molecule has 0 saturated heterocycles. The van der Waals surface area contributed by atoms with Gasteiger partial charge < -0.3 is 103 Å². The summed E-state index contributed by atoms with van der Waals surface area (Å²) < 4.78 is 74.1. The molecule has 29 heteroatoms. The van der Waals surface area contributed by atoms with Gasteiger partial charge in [-0.05, 0) is 80.6 Å². The highest BCUT2D eigenvalue weighted by molar-refractivity contribution is 7.10. The first-order chi connectivity index (χ1) is 42.6. The number of esters is 6. The molecule has 3 atom stereocenters. The third kappa shape index (κ3) is 27.1. The summed E-state index contributed by atoms with van der Waals surface area (Å²) in [6.07, 6.45) is 3.20. The molecule has 3 heterocycles. The van der Waals surface area contributed by atoms with Gasteiger partial charge in [-0.2, -0.15) is 0 Å². The van der Waals surface area contributed by atoms with Crippen molar-refractivity contribution in [3.05, 3.63) is 162 Å². The molecule has 0 fully saturated rings. The lowest BCUT2D eigenvalue weighted by Gasteiger charge is -2.18. The fourth-order valence-corrected chi connectivity index (χ4v) is 8.07. The van der Waals surface area contributed by atoms with Crippen molar-refractivity contribution in [2.45, 2.75) is 63.7 Å². The van der Waals surface area contributed by atoms with Crippen LogP contribution in [0.25, 0.3) is 21.9 Å². The molecule has 2 aromatic heterocycles. The molecule has 9 rings (SSSR count).